The quantitative estimate of drug-likeness (QED) is 0.445. The van der Waals surface area contributed by atoms with Crippen molar-refractivity contribution in [2.45, 2.75) is 13.2 Å². The average Bonchev–Trinajstić information content (AvgIpc) is 2.64. The highest BCUT2D eigenvalue weighted by atomic mass is 16.5. The summed E-state index contributed by atoms with van der Waals surface area (Å²) in [5.74, 6) is 0.932. The van der Waals surface area contributed by atoms with Crippen molar-refractivity contribution >= 4 is 0 Å². The summed E-state index contributed by atoms with van der Waals surface area (Å²) in [5.41, 5.74) is 3.31. The summed E-state index contributed by atoms with van der Waals surface area (Å²) >= 11 is 0. The summed E-state index contributed by atoms with van der Waals surface area (Å²) < 4.78 is 11.3. The molecule has 2 aromatic rings. The van der Waals surface area contributed by atoms with Crippen LogP contribution in [-0.4, -0.2) is 0 Å². The Balaban J connectivity index is 1.82. The van der Waals surface area contributed by atoms with Crippen molar-refractivity contribution in [1.82, 2.24) is 0 Å². The van der Waals surface area contributed by atoms with E-state index in [2.05, 4.69) is 26.3 Å². The third-order valence-electron chi connectivity index (χ3n) is 3.55. The number of hydrogen-bond acceptors (Lipinski definition) is 2. The van der Waals surface area contributed by atoms with E-state index in [-0.39, 0.29) is 0 Å². The van der Waals surface area contributed by atoms with Gasteiger partial charge in [-0.2, -0.15) is 0 Å². The lowest BCUT2D eigenvalue weighted by Gasteiger charge is -2.16. The molecular formula is C22H22O2. The second kappa shape index (κ2) is 8.59. The predicted molar refractivity (Wildman–Crippen MR) is 99.0 cm³/mol. The highest BCUT2D eigenvalue weighted by Crippen LogP contribution is 2.24. The summed E-state index contributed by atoms with van der Waals surface area (Å²) in [6, 6.07) is 19.8. The van der Waals surface area contributed by atoms with Crippen LogP contribution in [-0.2, 0) is 22.7 Å². The molecule has 122 valence electrons. The maximum atomic E-state index is 5.67. The fourth-order valence-corrected chi connectivity index (χ4v) is 2.00. The van der Waals surface area contributed by atoms with Crippen LogP contribution in [0.3, 0.4) is 0 Å². The minimum atomic E-state index is 0.434. The summed E-state index contributed by atoms with van der Waals surface area (Å²) in [5, 5.41) is 0. The second-order valence-electron chi connectivity index (χ2n) is 5.35. The molecule has 0 aliphatic heterocycles. The molecule has 2 rings (SSSR count). The maximum Gasteiger partial charge on any atom is 0.119 e. The molecule has 0 bridgehead atoms. The molecule has 0 spiro atoms. The van der Waals surface area contributed by atoms with Crippen molar-refractivity contribution in [2.24, 2.45) is 0 Å². The first kappa shape index (κ1) is 17.4. The maximum absolute atomic E-state index is 5.67. The van der Waals surface area contributed by atoms with Gasteiger partial charge in [0.05, 0.1) is 0 Å². The van der Waals surface area contributed by atoms with Crippen LogP contribution in [0.15, 0.2) is 110 Å². The molecule has 0 aliphatic rings. The first-order chi connectivity index (χ1) is 11.6. The SMILES string of the molecule is C=C(OCc1ccccc1)C(=C)C(=C)C(=C)OCc1ccccc1. The molecule has 0 saturated carbocycles. The lowest BCUT2D eigenvalue weighted by Crippen LogP contribution is -2.01. The van der Waals surface area contributed by atoms with Crippen LogP contribution in [0.2, 0.25) is 0 Å². The van der Waals surface area contributed by atoms with Gasteiger partial charge in [0.15, 0.2) is 0 Å². The minimum Gasteiger partial charge on any atom is -0.489 e. The van der Waals surface area contributed by atoms with E-state index in [0.717, 1.165) is 11.1 Å². The first-order valence-corrected chi connectivity index (χ1v) is 7.68. The molecule has 2 heteroatoms. The highest BCUT2D eigenvalue weighted by molar-refractivity contribution is 5.47. The molecule has 0 aliphatic carbocycles. The molecule has 2 nitrogen and oxygen atoms in total. The van der Waals surface area contributed by atoms with Crippen LogP contribution in [0.1, 0.15) is 11.1 Å². The Morgan fingerprint density at radius 3 is 1.25 bits per heavy atom. The van der Waals surface area contributed by atoms with Gasteiger partial charge in [0.1, 0.15) is 24.7 Å². The fourth-order valence-electron chi connectivity index (χ4n) is 2.00. The average molecular weight is 318 g/mol. The summed E-state index contributed by atoms with van der Waals surface area (Å²) in [6.07, 6.45) is 0. The lowest BCUT2D eigenvalue weighted by atomic mass is 10.1. The third-order valence-corrected chi connectivity index (χ3v) is 3.55. The molecular weight excluding hydrogens is 296 g/mol. The van der Waals surface area contributed by atoms with Gasteiger partial charge in [-0.15, -0.1) is 0 Å². The van der Waals surface area contributed by atoms with Crippen molar-refractivity contribution in [3.63, 3.8) is 0 Å². The van der Waals surface area contributed by atoms with Crippen molar-refractivity contribution < 1.29 is 9.47 Å². The van der Waals surface area contributed by atoms with Crippen molar-refractivity contribution in [1.29, 1.82) is 0 Å². The number of rotatable bonds is 9. The van der Waals surface area contributed by atoms with E-state index in [4.69, 9.17) is 9.47 Å². The van der Waals surface area contributed by atoms with E-state index in [9.17, 15) is 0 Å². The van der Waals surface area contributed by atoms with Gasteiger partial charge in [-0.3, -0.25) is 0 Å². The molecule has 0 unspecified atom stereocenters. The van der Waals surface area contributed by atoms with E-state index >= 15 is 0 Å². The van der Waals surface area contributed by atoms with E-state index in [1.807, 2.05) is 60.7 Å². The zero-order chi connectivity index (χ0) is 17.4. The van der Waals surface area contributed by atoms with Crippen LogP contribution < -0.4 is 0 Å². The first-order valence-electron chi connectivity index (χ1n) is 7.68. The molecule has 0 saturated heterocycles. The molecule has 0 radical (unpaired) electrons. The van der Waals surface area contributed by atoms with E-state index in [1.54, 1.807) is 0 Å². The normalized spacial score (nSPS) is 9.83. The zero-order valence-corrected chi connectivity index (χ0v) is 13.8. The summed E-state index contributed by atoms with van der Waals surface area (Å²) in [6.45, 7) is 16.6. The van der Waals surface area contributed by atoms with Crippen LogP contribution in [0, 0.1) is 0 Å². The minimum absolute atomic E-state index is 0.434. The molecule has 2 aromatic carbocycles. The topological polar surface area (TPSA) is 18.5 Å². The summed E-state index contributed by atoms with van der Waals surface area (Å²) in [4.78, 5) is 0. The Labute approximate surface area is 144 Å². The Morgan fingerprint density at radius 1 is 0.583 bits per heavy atom. The second-order valence-corrected chi connectivity index (χ2v) is 5.35. The van der Waals surface area contributed by atoms with Gasteiger partial charge < -0.3 is 9.47 Å². The lowest BCUT2D eigenvalue weighted by molar-refractivity contribution is 0.199. The number of allylic oxidation sites excluding steroid dienone is 2. The molecule has 0 heterocycles. The van der Waals surface area contributed by atoms with Gasteiger partial charge in [-0.05, 0) is 11.1 Å². The van der Waals surface area contributed by atoms with E-state index < -0.39 is 0 Å². The molecule has 0 aromatic heterocycles. The number of ether oxygens (including phenoxy) is 2. The van der Waals surface area contributed by atoms with Gasteiger partial charge in [0, 0.05) is 11.1 Å². The molecule has 0 amide bonds. The van der Waals surface area contributed by atoms with E-state index in [1.165, 1.54) is 0 Å². The number of benzene rings is 2. The Kier molecular flexibility index (Phi) is 6.21. The van der Waals surface area contributed by atoms with Crippen LogP contribution >= 0.6 is 0 Å². The molecule has 0 atom stereocenters. The van der Waals surface area contributed by atoms with Gasteiger partial charge in [-0.1, -0.05) is 87.0 Å². The highest BCUT2D eigenvalue weighted by Gasteiger charge is 2.11. The van der Waals surface area contributed by atoms with Crippen molar-refractivity contribution in [3.8, 4) is 0 Å². The summed E-state index contributed by atoms with van der Waals surface area (Å²) in [7, 11) is 0. The van der Waals surface area contributed by atoms with E-state index in [0.29, 0.717) is 35.9 Å². The van der Waals surface area contributed by atoms with Gasteiger partial charge >= 0.3 is 0 Å². The van der Waals surface area contributed by atoms with Gasteiger partial charge in [0.25, 0.3) is 0 Å². The Hall–Kier alpha value is -3.00. The van der Waals surface area contributed by atoms with Crippen LogP contribution in [0.4, 0.5) is 0 Å². The van der Waals surface area contributed by atoms with Crippen LogP contribution in [0.5, 0.6) is 0 Å². The molecule has 0 N–H and O–H groups in total. The zero-order valence-electron chi connectivity index (χ0n) is 13.8. The standard InChI is InChI=1S/C22H22O2/c1-17(19(3)23-15-21-11-7-5-8-12-21)18(2)20(4)24-16-22-13-9-6-10-14-22/h5-14H,1-4,15-16H2. The van der Waals surface area contributed by atoms with Crippen molar-refractivity contribution in [2.75, 3.05) is 0 Å². The molecule has 0 fully saturated rings. The van der Waals surface area contributed by atoms with Gasteiger partial charge in [0.2, 0.25) is 0 Å². The monoisotopic (exact) mass is 318 g/mol. The van der Waals surface area contributed by atoms with Crippen molar-refractivity contribution in [3.05, 3.63) is 121 Å². The fraction of sp³-hybridized carbons (Fsp3) is 0.0909. The Bertz CT molecular complexity index is 662. The van der Waals surface area contributed by atoms with Gasteiger partial charge in [-0.25, -0.2) is 0 Å². The largest absolute Gasteiger partial charge is 0.489 e. The predicted octanol–water partition coefficient (Wildman–Crippen LogP) is 5.56. The van der Waals surface area contributed by atoms with Crippen LogP contribution in [0.25, 0.3) is 0 Å². The third kappa shape index (κ3) is 5.03. The Morgan fingerprint density at radius 2 is 0.917 bits per heavy atom. The smallest absolute Gasteiger partial charge is 0.119 e. The molecule has 24 heavy (non-hydrogen) atoms. The number of hydrogen-bond donors (Lipinski definition) is 0.